The fourth-order valence-corrected chi connectivity index (χ4v) is 6.55. The lowest BCUT2D eigenvalue weighted by atomic mass is 9.72. The van der Waals surface area contributed by atoms with Crippen molar-refractivity contribution in [3.63, 3.8) is 0 Å². The molecule has 0 spiro atoms. The van der Waals surface area contributed by atoms with Gasteiger partial charge in [0.15, 0.2) is 17.3 Å². The standard InChI is InChI=1S/C30H34BrN3O5S.CH3ClO2S/c1-5-7-20-12-25-29(26(35)13-20)28(23(16-32)18(3)33-25)21-14-24(31)30(27(15-21)38-6-2)39-17-19-8-10-22(11-9-19)34-40(4,36)37;1-5(2,3)4/h8-11,14-15,20,28,33-34H,5-7,12-13,17H2,1-4H3;1H3. The van der Waals surface area contributed by atoms with Gasteiger partial charge in [-0.2, -0.15) is 5.26 Å². The summed E-state index contributed by atoms with van der Waals surface area (Å²) in [6.45, 7) is 6.52. The number of anilines is 1. The zero-order chi connectivity index (χ0) is 33.5. The van der Waals surface area contributed by atoms with Crippen LogP contribution in [0.15, 0.2) is 63.4 Å². The number of nitrogens with one attached hydrogen (secondary N) is 2. The van der Waals surface area contributed by atoms with Crippen LogP contribution >= 0.6 is 26.6 Å². The van der Waals surface area contributed by atoms with Crippen molar-refractivity contribution in [2.24, 2.45) is 5.92 Å². The lowest BCUT2D eigenvalue weighted by Crippen LogP contribution is -2.34. The third kappa shape index (κ3) is 10.5. The number of ether oxygens (including phenoxy) is 2. The molecule has 0 saturated heterocycles. The van der Waals surface area contributed by atoms with E-state index in [9.17, 15) is 26.9 Å². The lowest BCUT2D eigenvalue weighted by molar-refractivity contribution is -0.117. The van der Waals surface area contributed by atoms with Gasteiger partial charge >= 0.3 is 0 Å². The Kier molecular flexibility index (Phi) is 12.5. The quantitative estimate of drug-likeness (QED) is 0.260. The van der Waals surface area contributed by atoms with Gasteiger partial charge in [0.1, 0.15) is 6.61 Å². The molecule has 0 fully saturated rings. The van der Waals surface area contributed by atoms with Gasteiger partial charge in [-0.05, 0) is 83.9 Å². The molecule has 0 bridgehead atoms. The number of Topliss-reactive ketones (excluding diaryl/α,β-unsaturated/α-hetero) is 1. The van der Waals surface area contributed by atoms with Gasteiger partial charge in [-0.3, -0.25) is 9.52 Å². The smallest absolute Gasteiger partial charge is 0.229 e. The second-order valence-electron chi connectivity index (χ2n) is 10.9. The number of dihydropyridines is 1. The number of hydrogen-bond donors (Lipinski definition) is 2. The first-order valence-corrected chi connectivity index (χ1v) is 19.6. The minimum Gasteiger partial charge on any atom is -0.490 e. The number of nitrogens with zero attached hydrogens (tertiary/aromatic N) is 1. The number of carbonyl (C=O) groups excluding carboxylic acids is 1. The minimum absolute atomic E-state index is 0.0840. The SMILES string of the molecule is CCCC1CC(=O)C2=C(C1)NC(C)=C(C#N)C2c1cc(Br)c(OCc2ccc(NS(C)(=O)=O)cc2)c(OCC)c1.CS(=O)(=O)Cl. The minimum atomic E-state index is -3.36. The molecule has 0 saturated carbocycles. The van der Waals surface area contributed by atoms with Crippen LogP contribution in [0, 0.1) is 17.2 Å². The molecule has 1 heterocycles. The van der Waals surface area contributed by atoms with Crippen molar-refractivity contribution in [2.75, 3.05) is 23.8 Å². The summed E-state index contributed by atoms with van der Waals surface area (Å²) in [6, 6.07) is 13.0. The summed E-state index contributed by atoms with van der Waals surface area (Å²) < 4.78 is 56.9. The van der Waals surface area contributed by atoms with Crippen LogP contribution in [-0.2, 0) is 30.5 Å². The first-order chi connectivity index (χ1) is 21.0. The summed E-state index contributed by atoms with van der Waals surface area (Å²) in [7, 11) is -2.05. The van der Waals surface area contributed by atoms with Gasteiger partial charge in [-0.25, -0.2) is 16.8 Å². The van der Waals surface area contributed by atoms with E-state index in [4.69, 9.17) is 9.47 Å². The fraction of sp³-hybridized carbons (Fsp3) is 0.419. The van der Waals surface area contributed by atoms with Crippen LogP contribution in [0.5, 0.6) is 11.5 Å². The molecule has 2 atom stereocenters. The zero-order valence-corrected chi connectivity index (χ0v) is 29.7. The molecule has 10 nitrogen and oxygen atoms in total. The van der Waals surface area contributed by atoms with E-state index in [0.29, 0.717) is 51.8 Å². The number of allylic oxidation sites excluding steroid dienone is 4. The average molecular weight is 743 g/mol. The maximum atomic E-state index is 13.5. The molecule has 0 radical (unpaired) electrons. The van der Waals surface area contributed by atoms with Gasteiger partial charge in [-0.1, -0.05) is 25.5 Å². The van der Waals surface area contributed by atoms with Gasteiger partial charge in [0.05, 0.1) is 41.2 Å². The van der Waals surface area contributed by atoms with Crippen molar-refractivity contribution in [1.29, 1.82) is 5.26 Å². The van der Waals surface area contributed by atoms with Gasteiger partial charge in [0, 0.05) is 39.8 Å². The first kappa shape index (κ1) is 36.4. The highest BCUT2D eigenvalue weighted by atomic mass is 79.9. The van der Waals surface area contributed by atoms with E-state index in [-0.39, 0.29) is 12.4 Å². The van der Waals surface area contributed by atoms with Crippen LogP contribution in [0.2, 0.25) is 0 Å². The summed E-state index contributed by atoms with van der Waals surface area (Å²) in [6.07, 6.45) is 5.32. The molecule has 1 aliphatic carbocycles. The van der Waals surface area contributed by atoms with Crippen molar-refractivity contribution in [3.8, 4) is 17.6 Å². The van der Waals surface area contributed by atoms with Crippen LogP contribution in [0.3, 0.4) is 0 Å². The summed E-state index contributed by atoms with van der Waals surface area (Å²) in [5.41, 5.74) is 4.96. The number of nitriles is 1. The Labute approximate surface area is 278 Å². The second-order valence-corrected chi connectivity index (χ2v) is 16.5. The largest absolute Gasteiger partial charge is 0.490 e. The number of hydrogen-bond acceptors (Lipinski definition) is 9. The normalized spacial score (nSPS) is 18.2. The predicted octanol–water partition coefficient (Wildman–Crippen LogP) is 6.50. The molecule has 4 rings (SSSR count). The third-order valence-corrected chi connectivity index (χ3v) is 8.23. The van der Waals surface area contributed by atoms with Gasteiger partial charge in [0.25, 0.3) is 0 Å². The lowest BCUT2D eigenvalue weighted by Gasteiger charge is -2.35. The number of benzene rings is 2. The first-order valence-electron chi connectivity index (χ1n) is 14.2. The van der Waals surface area contributed by atoms with E-state index in [2.05, 4.69) is 49.6 Å². The number of ketones is 1. The Morgan fingerprint density at radius 1 is 1.09 bits per heavy atom. The summed E-state index contributed by atoms with van der Waals surface area (Å²) in [5.74, 6) is 0.907. The zero-order valence-electron chi connectivity index (χ0n) is 25.7. The molecule has 45 heavy (non-hydrogen) atoms. The van der Waals surface area contributed by atoms with Crippen LogP contribution < -0.4 is 19.5 Å². The Morgan fingerprint density at radius 2 is 1.73 bits per heavy atom. The van der Waals surface area contributed by atoms with Crippen LogP contribution in [0.4, 0.5) is 5.69 Å². The molecule has 2 aromatic rings. The number of halogens is 2. The summed E-state index contributed by atoms with van der Waals surface area (Å²) in [5, 5.41) is 13.5. The van der Waals surface area contributed by atoms with E-state index in [1.807, 2.05) is 26.0 Å². The molecule has 0 amide bonds. The maximum Gasteiger partial charge on any atom is 0.229 e. The number of carbonyl (C=O) groups is 1. The highest BCUT2D eigenvalue weighted by Crippen LogP contribution is 2.47. The summed E-state index contributed by atoms with van der Waals surface area (Å²) >= 11 is 3.65. The van der Waals surface area contributed by atoms with Crippen molar-refractivity contribution < 1.29 is 31.1 Å². The highest BCUT2D eigenvalue weighted by Gasteiger charge is 2.39. The number of rotatable bonds is 10. The van der Waals surface area contributed by atoms with Crippen LogP contribution in [0.25, 0.3) is 0 Å². The van der Waals surface area contributed by atoms with Crippen molar-refractivity contribution >= 4 is 57.2 Å². The second kappa shape index (κ2) is 15.5. The molecule has 2 aromatic carbocycles. The van der Waals surface area contributed by atoms with Crippen molar-refractivity contribution in [3.05, 3.63) is 74.5 Å². The molecular formula is C31H37BrClN3O7S2. The third-order valence-electron chi connectivity index (χ3n) is 7.03. The Bertz CT molecular complexity index is 1740. The molecule has 2 unspecified atom stereocenters. The Hall–Kier alpha value is -3.05. The van der Waals surface area contributed by atoms with E-state index in [1.165, 1.54) is 0 Å². The number of sulfonamides is 1. The van der Waals surface area contributed by atoms with E-state index < -0.39 is 25.0 Å². The molecule has 2 N–H and O–H groups in total. The van der Waals surface area contributed by atoms with E-state index >= 15 is 0 Å². The van der Waals surface area contributed by atoms with Crippen LogP contribution in [-0.4, -0.2) is 41.7 Å². The molecular weight excluding hydrogens is 706 g/mol. The van der Waals surface area contributed by atoms with Crippen molar-refractivity contribution in [2.45, 2.75) is 59.0 Å². The Morgan fingerprint density at radius 3 is 2.29 bits per heavy atom. The van der Waals surface area contributed by atoms with Crippen LogP contribution in [0.1, 0.15) is 63.5 Å². The molecule has 14 heteroatoms. The maximum absolute atomic E-state index is 13.5. The average Bonchev–Trinajstić information content (AvgIpc) is 2.91. The van der Waals surface area contributed by atoms with E-state index in [0.717, 1.165) is 54.3 Å². The molecule has 1 aliphatic heterocycles. The predicted molar refractivity (Wildman–Crippen MR) is 179 cm³/mol. The van der Waals surface area contributed by atoms with Gasteiger partial charge < -0.3 is 14.8 Å². The fourth-order valence-electron chi connectivity index (χ4n) is 5.41. The van der Waals surface area contributed by atoms with Crippen molar-refractivity contribution in [1.82, 2.24) is 5.32 Å². The highest BCUT2D eigenvalue weighted by molar-refractivity contribution is 9.10. The molecule has 244 valence electrons. The Balaban J connectivity index is 0.00000102. The summed E-state index contributed by atoms with van der Waals surface area (Å²) in [4.78, 5) is 13.5. The topological polar surface area (TPSA) is 152 Å². The van der Waals surface area contributed by atoms with Gasteiger partial charge in [0.2, 0.25) is 19.1 Å². The molecule has 0 aromatic heterocycles. The van der Waals surface area contributed by atoms with E-state index in [1.54, 1.807) is 24.3 Å². The van der Waals surface area contributed by atoms with Gasteiger partial charge in [-0.15, -0.1) is 0 Å². The monoisotopic (exact) mass is 741 g/mol. The molecule has 2 aliphatic rings.